The lowest BCUT2D eigenvalue weighted by Gasteiger charge is -2.10. The predicted octanol–water partition coefficient (Wildman–Crippen LogP) is 3.23. The van der Waals surface area contributed by atoms with Crippen LogP contribution in [0.3, 0.4) is 0 Å². The molecule has 0 aliphatic rings. The fourth-order valence-electron chi connectivity index (χ4n) is 1.65. The second kappa shape index (κ2) is 5.13. The zero-order valence-corrected chi connectivity index (χ0v) is 12.2. The fourth-order valence-corrected chi connectivity index (χ4v) is 2.14. The molecule has 6 heteroatoms. The molecule has 1 aromatic heterocycles. The van der Waals surface area contributed by atoms with E-state index in [9.17, 15) is 4.39 Å². The molecular formula is C12H13FIN3O. The lowest BCUT2D eigenvalue weighted by atomic mass is 10.2. The smallest absolute Gasteiger partial charge is 0.138 e. The highest BCUT2D eigenvalue weighted by Gasteiger charge is 2.10. The minimum Gasteiger partial charge on any atom is -0.397 e. The van der Waals surface area contributed by atoms with Crippen LogP contribution < -0.4 is 11.1 Å². The minimum atomic E-state index is -0.286. The van der Waals surface area contributed by atoms with Crippen molar-refractivity contribution in [3.05, 3.63) is 38.5 Å². The number of hydrogen-bond acceptors (Lipinski definition) is 4. The van der Waals surface area contributed by atoms with Crippen molar-refractivity contribution >= 4 is 34.0 Å². The molecule has 0 saturated carbocycles. The third kappa shape index (κ3) is 2.58. The molecule has 0 fully saturated rings. The van der Waals surface area contributed by atoms with E-state index in [0.717, 1.165) is 17.0 Å². The summed E-state index contributed by atoms with van der Waals surface area (Å²) in [5.74, 6) is 0.468. The highest BCUT2D eigenvalue weighted by Crippen LogP contribution is 2.25. The number of halogens is 2. The Morgan fingerprint density at radius 1 is 1.44 bits per heavy atom. The molecule has 0 saturated heterocycles. The van der Waals surface area contributed by atoms with Crippen LogP contribution in [0.4, 0.5) is 15.8 Å². The van der Waals surface area contributed by atoms with Crippen LogP contribution in [-0.2, 0) is 6.54 Å². The summed E-state index contributed by atoms with van der Waals surface area (Å²) in [5.41, 5.74) is 8.72. The van der Waals surface area contributed by atoms with Crippen molar-refractivity contribution in [2.24, 2.45) is 0 Å². The molecule has 0 aliphatic carbocycles. The number of nitrogen functional groups attached to an aromatic ring is 1. The Hall–Kier alpha value is -1.31. The van der Waals surface area contributed by atoms with Crippen LogP contribution in [0.15, 0.2) is 16.7 Å². The van der Waals surface area contributed by atoms with E-state index in [1.54, 1.807) is 6.07 Å². The van der Waals surface area contributed by atoms with Crippen molar-refractivity contribution in [3.8, 4) is 0 Å². The Balaban J connectivity index is 2.18. The molecule has 3 N–H and O–H groups in total. The number of nitrogens with two attached hydrogens (primary N) is 1. The quantitative estimate of drug-likeness (QED) is 0.651. The average molecular weight is 361 g/mol. The standard InChI is InChI=1S/C12H13FIN3O/c1-6-8(7(2)18-17-6)5-16-12-3-9(13)10(14)4-11(12)15/h3-4,16H,5,15H2,1-2H3. The van der Waals surface area contributed by atoms with Crippen molar-refractivity contribution in [1.29, 1.82) is 0 Å². The van der Waals surface area contributed by atoms with E-state index < -0.39 is 0 Å². The molecular weight excluding hydrogens is 348 g/mol. The molecule has 1 heterocycles. The van der Waals surface area contributed by atoms with Crippen LogP contribution in [0.25, 0.3) is 0 Å². The summed E-state index contributed by atoms with van der Waals surface area (Å²) in [4.78, 5) is 0. The summed E-state index contributed by atoms with van der Waals surface area (Å²) in [7, 11) is 0. The zero-order chi connectivity index (χ0) is 13.3. The normalized spacial score (nSPS) is 10.7. The second-order valence-electron chi connectivity index (χ2n) is 4.01. The van der Waals surface area contributed by atoms with Crippen LogP contribution in [0.2, 0.25) is 0 Å². The number of nitrogens with zero attached hydrogens (tertiary/aromatic N) is 1. The van der Waals surface area contributed by atoms with E-state index in [4.69, 9.17) is 10.3 Å². The maximum absolute atomic E-state index is 13.4. The minimum absolute atomic E-state index is 0.286. The number of rotatable bonds is 3. The van der Waals surface area contributed by atoms with E-state index in [1.165, 1.54) is 6.07 Å². The Kier molecular flexibility index (Phi) is 3.74. The van der Waals surface area contributed by atoms with E-state index in [2.05, 4.69) is 10.5 Å². The van der Waals surface area contributed by atoms with Crippen molar-refractivity contribution in [2.75, 3.05) is 11.1 Å². The first-order valence-electron chi connectivity index (χ1n) is 5.39. The van der Waals surface area contributed by atoms with Crippen molar-refractivity contribution in [3.63, 3.8) is 0 Å². The topological polar surface area (TPSA) is 64.1 Å². The summed E-state index contributed by atoms with van der Waals surface area (Å²) < 4.78 is 19.0. The lowest BCUT2D eigenvalue weighted by molar-refractivity contribution is 0.392. The molecule has 18 heavy (non-hydrogen) atoms. The van der Waals surface area contributed by atoms with Gasteiger partial charge in [-0.3, -0.25) is 0 Å². The number of aryl methyl sites for hydroxylation is 2. The van der Waals surface area contributed by atoms with Crippen LogP contribution in [0.1, 0.15) is 17.0 Å². The van der Waals surface area contributed by atoms with Crippen molar-refractivity contribution < 1.29 is 8.91 Å². The number of hydrogen-bond donors (Lipinski definition) is 2. The van der Waals surface area contributed by atoms with Crippen LogP contribution in [0.5, 0.6) is 0 Å². The summed E-state index contributed by atoms with van der Waals surface area (Å²) in [6.45, 7) is 4.21. The van der Waals surface area contributed by atoms with E-state index >= 15 is 0 Å². The summed E-state index contributed by atoms with van der Waals surface area (Å²) in [5, 5.41) is 6.96. The van der Waals surface area contributed by atoms with Gasteiger partial charge in [-0.05, 0) is 42.5 Å². The van der Waals surface area contributed by atoms with Gasteiger partial charge in [0.15, 0.2) is 0 Å². The molecule has 0 aliphatic heterocycles. The summed E-state index contributed by atoms with van der Waals surface area (Å²) in [6.07, 6.45) is 0. The van der Waals surface area contributed by atoms with Gasteiger partial charge in [-0.1, -0.05) is 5.16 Å². The van der Waals surface area contributed by atoms with Crippen molar-refractivity contribution in [1.82, 2.24) is 5.16 Å². The molecule has 0 bridgehead atoms. The molecule has 4 nitrogen and oxygen atoms in total. The molecule has 2 rings (SSSR count). The van der Waals surface area contributed by atoms with Crippen LogP contribution >= 0.6 is 22.6 Å². The molecule has 0 unspecified atom stereocenters. The Labute approximate surface area is 118 Å². The van der Waals surface area contributed by atoms with Gasteiger partial charge in [0.2, 0.25) is 0 Å². The van der Waals surface area contributed by atoms with Gasteiger partial charge in [0.1, 0.15) is 11.6 Å². The SMILES string of the molecule is Cc1noc(C)c1CNc1cc(F)c(I)cc1N. The Morgan fingerprint density at radius 2 is 2.17 bits per heavy atom. The fraction of sp³-hybridized carbons (Fsp3) is 0.250. The van der Waals surface area contributed by atoms with Gasteiger partial charge < -0.3 is 15.6 Å². The Bertz CT molecular complexity index is 563. The third-order valence-electron chi connectivity index (χ3n) is 2.73. The summed E-state index contributed by atoms with van der Waals surface area (Å²) in [6, 6.07) is 3.00. The first kappa shape index (κ1) is 13.1. The largest absolute Gasteiger partial charge is 0.397 e. The molecule has 0 spiro atoms. The van der Waals surface area contributed by atoms with E-state index in [1.807, 2.05) is 36.4 Å². The van der Waals surface area contributed by atoms with Crippen LogP contribution in [0, 0.1) is 23.2 Å². The number of anilines is 2. The molecule has 2 aromatic rings. The maximum atomic E-state index is 13.4. The first-order valence-corrected chi connectivity index (χ1v) is 6.47. The number of nitrogens with one attached hydrogen (secondary N) is 1. The average Bonchev–Trinajstić information content (AvgIpc) is 2.62. The van der Waals surface area contributed by atoms with Gasteiger partial charge in [-0.2, -0.15) is 0 Å². The summed E-state index contributed by atoms with van der Waals surface area (Å²) >= 11 is 1.91. The lowest BCUT2D eigenvalue weighted by Crippen LogP contribution is -2.05. The zero-order valence-electron chi connectivity index (χ0n) is 10.1. The number of aromatic nitrogens is 1. The Morgan fingerprint density at radius 3 is 2.78 bits per heavy atom. The van der Waals surface area contributed by atoms with Crippen molar-refractivity contribution in [2.45, 2.75) is 20.4 Å². The van der Waals surface area contributed by atoms with Gasteiger partial charge in [-0.25, -0.2) is 4.39 Å². The van der Waals surface area contributed by atoms with Gasteiger partial charge in [0.25, 0.3) is 0 Å². The molecule has 96 valence electrons. The predicted molar refractivity (Wildman–Crippen MR) is 76.8 cm³/mol. The van der Waals surface area contributed by atoms with Gasteiger partial charge in [0, 0.05) is 18.2 Å². The second-order valence-corrected chi connectivity index (χ2v) is 5.17. The highest BCUT2D eigenvalue weighted by atomic mass is 127. The molecule has 0 radical (unpaired) electrons. The van der Waals surface area contributed by atoms with E-state index in [-0.39, 0.29) is 5.82 Å². The van der Waals surface area contributed by atoms with Gasteiger partial charge >= 0.3 is 0 Å². The third-order valence-corrected chi connectivity index (χ3v) is 3.56. The number of benzene rings is 1. The molecule has 0 atom stereocenters. The van der Waals surface area contributed by atoms with Gasteiger partial charge in [-0.15, -0.1) is 0 Å². The van der Waals surface area contributed by atoms with Gasteiger partial charge in [0.05, 0.1) is 20.6 Å². The highest BCUT2D eigenvalue weighted by molar-refractivity contribution is 14.1. The van der Waals surface area contributed by atoms with Crippen LogP contribution in [-0.4, -0.2) is 5.16 Å². The monoisotopic (exact) mass is 361 g/mol. The maximum Gasteiger partial charge on any atom is 0.138 e. The molecule has 0 amide bonds. The first-order chi connectivity index (χ1) is 8.49. The molecule has 1 aromatic carbocycles. The van der Waals surface area contributed by atoms with E-state index in [0.29, 0.717) is 21.5 Å².